The van der Waals surface area contributed by atoms with E-state index in [0.29, 0.717) is 0 Å². The van der Waals surface area contributed by atoms with Crippen molar-refractivity contribution in [2.45, 2.75) is 11.8 Å². The number of aryl methyl sites for hydroxylation is 1. The summed E-state index contributed by atoms with van der Waals surface area (Å²) in [6.07, 6.45) is 0. The van der Waals surface area contributed by atoms with Gasteiger partial charge >= 0.3 is 0 Å². The second kappa shape index (κ2) is 5.71. The lowest BCUT2D eigenvalue weighted by Crippen LogP contribution is -1.97. The Balaban J connectivity index is 2.17. The van der Waals surface area contributed by atoms with Gasteiger partial charge < -0.3 is 0 Å². The van der Waals surface area contributed by atoms with Crippen LogP contribution in [0.4, 0.5) is 0 Å². The molecular weight excluding hydrogens is 376 g/mol. The summed E-state index contributed by atoms with van der Waals surface area (Å²) < 4.78 is 1.11. The number of fused-ring (bicyclic) bond motifs is 1. The molecule has 0 spiro atoms. The molecule has 100 valence electrons. The molecule has 0 saturated heterocycles. The van der Waals surface area contributed by atoms with E-state index in [-0.39, 0.29) is 4.83 Å². The first-order valence-electron chi connectivity index (χ1n) is 6.54. The molecule has 0 amide bonds. The van der Waals surface area contributed by atoms with Crippen molar-refractivity contribution in [1.82, 2.24) is 0 Å². The van der Waals surface area contributed by atoms with E-state index in [4.69, 9.17) is 0 Å². The molecule has 0 N–H and O–H groups in total. The molecule has 20 heavy (non-hydrogen) atoms. The minimum Gasteiger partial charge on any atom is -0.0786 e. The molecule has 0 aromatic heterocycles. The fraction of sp³-hybridized carbons (Fsp3) is 0.111. The van der Waals surface area contributed by atoms with Gasteiger partial charge in [0.25, 0.3) is 0 Å². The second-order valence-corrected chi connectivity index (χ2v) is 6.76. The summed E-state index contributed by atoms with van der Waals surface area (Å²) in [5, 5.41) is 2.58. The third kappa shape index (κ3) is 2.55. The van der Waals surface area contributed by atoms with Gasteiger partial charge in [0.1, 0.15) is 0 Å². The van der Waals surface area contributed by atoms with Crippen molar-refractivity contribution >= 4 is 42.6 Å². The van der Waals surface area contributed by atoms with Crippen LogP contribution in [0.15, 0.2) is 65.1 Å². The zero-order valence-electron chi connectivity index (χ0n) is 11.1. The molecule has 0 bridgehead atoms. The summed E-state index contributed by atoms with van der Waals surface area (Å²) in [5.41, 5.74) is 3.91. The average molecular weight is 390 g/mol. The monoisotopic (exact) mass is 388 g/mol. The van der Waals surface area contributed by atoms with Crippen molar-refractivity contribution < 1.29 is 0 Å². The fourth-order valence-corrected chi connectivity index (χ4v) is 3.79. The average Bonchev–Trinajstić information content (AvgIpc) is 2.48. The van der Waals surface area contributed by atoms with E-state index in [1.807, 2.05) is 0 Å². The number of hydrogen-bond acceptors (Lipinski definition) is 0. The molecule has 3 aromatic rings. The van der Waals surface area contributed by atoms with Crippen LogP contribution in [-0.4, -0.2) is 0 Å². The lowest BCUT2D eigenvalue weighted by Gasteiger charge is -2.16. The van der Waals surface area contributed by atoms with Crippen LogP contribution in [-0.2, 0) is 0 Å². The molecule has 0 aliphatic heterocycles. The van der Waals surface area contributed by atoms with E-state index in [1.54, 1.807) is 0 Å². The van der Waals surface area contributed by atoms with Crippen LogP contribution in [0.1, 0.15) is 21.5 Å². The minimum absolute atomic E-state index is 0.200. The first-order chi connectivity index (χ1) is 9.66. The highest BCUT2D eigenvalue weighted by Crippen LogP contribution is 2.37. The van der Waals surface area contributed by atoms with Crippen LogP contribution in [0.25, 0.3) is 10.8 Å². The summed E-state index contributed by atoms with van der Waals surface area (Å²) in [6, 6.07) is 21.4. The van der Waals surface area contributed by atoms with Gasteiger partial charge in [-0.1, -0.05) is 80.4 Å². The Morgan fingerprint density at radius 3 is 2.45 bits per heavy atom. The van der Waals surface area contributed by atoms with Crippen molar-refractivity contribution in [3.63, 3.8) is 0 Å². The molecule has 0 aliphatic rings. The molecule has 3 rings (SSSR count). The highest BCUT2D eigenvalue weighted by atomic mass is 79.9. The van der Waals surface area contributed by atoms with Crippen LogP contribution in [0, 0.1) is 6.92 Å². The summed E-state index contributed by atoms with van der Waals surface area (Å²) in [7, 11) is 0. The molecule has 0 saturated carbocycles. The number of halogens is 2. The van der Waals surface area contributed by atoms with E-state index in [2.05, 4.69) is 99.4 Å². The zero-order chi connectivity index (χ0) is 14.1. The summed E-state index contributed by atoms with van der Waals surface area (Å²) >= 11 is 7.45. The highest BCUT2D eigenvalue weighted by molar-refractivity contribution is 9.10. The predicted molar refractivity (Wildman–Crippen MR) is 93.6 cm³/mol. The number of alkyl halides is 1. The van der Waals surface area contributed by atoms with Crippen LogP contribution in [0.5, 0.6) is 0 Å². The molecule has 0 nitrogen and oxygen atoms in total. The molecule has 1 atom stereocenters. The SMILES string of the molecule is Cc1ccc(Br)cc1C(Br)c1cccc2ccccc12. The van der Waals surface area contributed by atoms with Crippen molar-refractivity contribution in [3.8, 4) is 0 Å². The zero-order valence-corrected chi connectivity index (χ0v) is 14.3. The van der Waals surface area contributed by atoms with E-state index in [9.17, 15) is 0 Å². The van der Waals surface area contributed by atoms with E-state index >= 15 is 0 Å². The lowest BCUT2D eigenvalue weighted by atomic mass is 9.96. The third-order valence-corrected chi connectivity index (χ3v) is 5.09. The first kappa shape index (κ1) is 13.8. The third-order valence-electron chi connectivity index (χ3n) is 3.61. The topological polar surface area (TPSA) is 0 Å². The Bertz CT molecular complexity index is 757. The van der Waals surface area contributed by atoms with Crippen molar-refractivity contribution in [2.24, 2.45) is 0 Å². The molecular formula is C18H14Br2. The van der Waals surface area contributed by atoms with Gasteiger partial charge in [-0.05, 0) is 46.5 Å². The van der Waals surface area contributed by atoms with Crippen molar-refractivity contribution in [1.29, 1.82) is 0 Å². The van der Waals surface area contributed by atoms with Gasteiger partial charge in [-0.3, -0.25) is 0 Å². The number of benzene rings is 3. The molecule has 0 aliphatic carbocycles. The summed E-state index contributed by atoms with van der Waals surface area (Å²) in [5.74, 6) is 0. The van der Waals surface area contributed by atoms with Gasteiger partial charge in [-0.15, -0.1) is 0 Å². The van der Waals surface area contributed by atoms with Crippen LogP contribution in [0.2, 0.25) is 0 Å². The second-order valence-electron chi connectivity index (χ2n) is 4.93. The van der Waals surface area contributed by atoms with Crippen LogP contribution in [0.3, 0.4) is 0 Å². The van der Waals surface area contributed by atoms with E-state index < -0.39 is 0 Å². The maximum atomic E-state index is 3.88. The van der Waals surface area contributed by atoms with Crippen molar-refractivity contribution in [2.75, 3.05) is 0 Å². The number of rotatable bonds is 2. The minimum atomic E-state index is 0.200. The Kier molecular flexibility index (Phi) is 3.95. The standard InChI is InChI=1S/C18H14Br2/c1-12-9-10-14(19)11-17(12)18(20)16-8-4-6-13-5-2-3-7-15(13)16/h2-11,18H,1H3. The Labute approximate surface area is 136 Å². The molecule has 0 heterocycles. The molecule has 0 fully saturated rings. The lowest BCUT2D eigenvalue weighted by molar-refractivity contribution is 1.15. The quantitative estimate of drug-likeness (QED) is 0.445. The predicted octanol–water partition coefficient (Wildman–Crippen LogP) is 6.40. The van der Waals surface area contributed by atoms with Crippen LogP contribution < -0.4 is 0 Å². The molecule has 0 radical (unpaired) electrons. The van der Waals surface area contributed by atoms with Gasteiger partial charge in [0.2, 0.25) is 0 Å². The molecule has 2 heteroatoms. The maximum Gasteiger partial charge on any atom is 0.0653 e. The van der Waals surface area contributed by atoms with E-state index in [0.717, 1.165) is 4.47 Å². The summed E-state index contributed by atoms with van der Waals surface area (Å²) in [4.78, 5) is 0.200. The Hall–Kier alpha value is -1.12. The fourth-order valence-electron chi connectivity index (χ4n) is 2.52. The van der Waals surface area contributed by atoms with Gasteiger partial charge in [-0.25, -0.2) is 0 Å². The van der Waals surface area contributed by atoms with Crippen molar-refractivity contribution in [3.05, 3.63) is 81.8 Å². The smallest absolute Gasteiger partial charge is 0.0653 e. The highest BCUT2D eigenvalue weighted by Gasteiger charge is 2.15. The van der Waals surface area contributed by atoms with E-state index in [1.165, 1.54) is 27.5 Å². The van der Waals surface area contributed by atoms with Gasteiger partial charge in [0, 0.05) is 4.47 Å². The Morgan fingerprint density at radius 1 is 0.850 bits per heavy atom. The summed E-state index contributed by atoms with van der Waals surface area (Å²) in [6.45, 7) is 2.15. The van der Waals surface area contributed by atoms with Crippen LogP contribution >= 0.6 is 31.9 Å². The molecule has 1 unspecified atom stereocenters. The maximum absolute atomic E-state index is 3.88. The number of hydrogen-bond donors (Lipinski definition) is 0. The first-order valence-corrected chi connectivity index (χ1v) is 8.25. The van der Waals surface area contributed by atoms with Gasteiger partial charge in [-0.2, -0.15) is 0 Å². The largest absolute Gasteiger partial charge is 0.0786 e. The normalized spacial score (nSPS) is 12.6. The Morgan fingerprint density at radius 2 is 1.60 bits per heavy atom. The van der Waals surface area contributed by atoms with Gasteiger partial charge in [0.05, 0.1) is 4.83 Å². The van der Waals surface area contributed by atoms with Gasteiger partial charge in [0.15, 0.2) is 0 Å². The molecule has 3 aromatic carbocycles.